The van der Waals surface area contributed by atoms with Crippen LogP contribution in [0.2, 0.25) is 0 Å². The monoisotopic (exact) mass is 425 g/mol. The molecule has 0 amide bonds. The molecule has 0 aliphatic carbocycles. The summed E-state index contributed by atoms with van der Waals surface area (Å²) < 4.78 is 22.2. The van der Waals surface area contributed by atoms with Gasteiger partial charge in [-0.2, -0.15) is 5.10 Å². The van der Waals surface area contributed by atoms with E-state index in [0.29, 0.717) is 19.0 Å². The number of benzene rings is 2. The predicted molar refractivity (Wildman–Crippen MR) is 106 cm³/mol. The molecular weight excluding hydrogens is 409 g/mol. The van der Waals surface area contributed by atoms with Crippen molar-refractivity contribution < 1.29 is 9.13 Å². The van der Waals surface area contributed by atoms with Crippen LogP contribution >= 0.6 is 15.9 Å². The van der Waals surface area contributed by atoms with Crippen LogP contribution in [0.3, 0.4) is 0 Å². The fourth-order valence-corrected chi connectivity index (χ4v) is 3.56. The highest BCUT2D eigenvalue weighted by Gasteiger charge is 2.18. The van der Waals surface area contributed by atoms with Gasteiger partial charge in [0.05, 0.1) is 6.20 Å². The first-order valence-corrected chi connectivity index (χ1v) is 9.34. The van der Waals surface area contributed by atoms with E-state index in [1.807, 2.05) is 18.2 Å². The fraction of sp³-hybridized carbons (Fsp3) is 0.143. The van der Waals surface area contributed by atoms with Gasteiger partial charge >= 0.3 is 0 Å². The molecule has 2 heterocycles. The minimum Gasteiger partial charge on any atom is -0.470 e. The highest BCUT2D eigenvalue weighted by molar-refractivity contribution is 9.10. The lowest BCUT2D eigenvalue weighted by molar-refractivity contribution is 0.293. The third-order valence-electron chi connectivity index (χ3n) is 4.49. The summed E-state index contributed by atoms with van der Waals surface area (Å²) in [7, 11) is 0. The van der Waals surface area contributed by atoms with Crippen LogP contribution < -0.4 is 4.74 Å². The summed E-state index contributed by atoms with van der Waals surface area (Å²) in [6.45, 7) is 3.05. The van der Waals surface area contributed by atoms with Gasteiger partial charge in [0.15, 0.2) is 0 Å². The van der Waals surface area contributed by atoms with Gasteiger partial charge in [-0.25, -0.2) is 4.39 Å². The van der Waals surface area contributed by atoms with Crippen molar-refractivity contribution in [1.29, 1.82) is 0 Å². The third kappa shape index (κ3) is 3.57. The minimum atomic E-state index is -0.267. The van der Waals surface area contributed by atoms with Crippen molar-refractivity contribution in [3.8, 4) is 5.88 Å². The molecule has 0 unspecified atom stereocenters. The number of nitrogens with zero attached hydrogens (tertiary/aromatic N) is 3. The molecule has 0 aliphatic rings. The summed E-state index contributed by atoms with van der Waals surface area (Å²) in [4.78, 5) is 0. The fourth-order valence-electron chi connectivity index (χ4n) is 3.06. The smallest absolute Gasteiger partial charge is 0.258 e. The molecule has 0 radical (unpaired) electrons. The number of hydrogen-bond acceptors (Lipinski definition) is 3. The Kier molecular flexibility index (Phi) is 4.90. The topological polar surface area (TPSA) is 39.9 Å². The van der Waals surface area contributed by atoms with Gasteiger partial charge in [-0.1, -0.05) is 42.5 Å². The van der Waals surface area contributed by atoms with Gasteiger partial charge in [0, 0.05) is 22.1 Å². The van der Waals surface area contributed by atoms with Gasteiger partial charge in [-0.05, 0) is 46.1 Å². The predicted octanol–water partition coefficient (Wildman–Crippen LogP) is 5.27. The largest absolute Gasteiger partial charge is 0.470 e. The molecule has 0 saturated carbocycles. The van der Waals surface area contributed by atoms with Crippen molar-refractivity contribution in [1.82, 2.24) is 14.8 Å². The molecule has 0 saturated heterocycles. The average molecular weight is 426 g/mol. The molecule has 2 aromatic heterocycles. The van der Waals surface area contributed by atoms with Crippen LogP contribution in [0.15, 0.2) is 65.3 Å². The summed E-state index contributed by atoms with van der Waals surface area (Å²) in [6.07, 6.45) is 1.73. The van der Waals surface area contributed by atoms with Crippen LogP contribution in [0.1, 0.15) is 16.8 Å². The van der Waals surface area contributed by atoms with Crippen molar-refractivity contribution in [2.24, 2.45) is 0 Å². The van der Waals surface area contributed by atoms with Crippen LogP contribution in [-0.2, 0) is 13.2 Å². The second-order valence-electron chi connectivity index (χ2n) is 6.30. The van der Waals surface area contributed by atoms with Gasteiger partial charge in [0.1, 0.15) is 17.9 Å². The summed E-state index contributed by atoms with van der Waals surface area (Å²) in [5.74, 6) is 0.193. The van der Waals surface area contributed by atoms with Gasteiger partial charge in [0.2, 0.25) is 0 Å². The molecule has 0 aliphatic heterocycles. The van der Waals surface area contributed by atoms with Crippen molar-refractivity contribution in [3.05, 3.63) is 87.9 Å². The highest BCUT2D eigenvalue weighted by atomic mass is 79.9. The lowest BCUT2D eigenvalue weighted by Crippen LogP contribution is -2.05. The van der Waals surface area contributed by atoms with E-state index in [0.717, 1.165) is 26.6 Å². The molecule has 6 heteroatoms. The van der Waals surface area contributed by atoms with E-state index in [2.05, 4.69) is 49.8 Å². The quantitative estimate of drug-likeness (QED) is 0.437. The average Bonchev–Trinajstić information content (AvgIpc) is 2.94. The summed E-state index contributed by atoms with van der Waals surface area (Å²) >= 11 is 3.67. The van der Waals surface area contributed by atoms with Crippen LogP contribution in [-0.4, -0.2) is 14.8 Å². The van der Waals surface area contributed by atoms with Crippen LogP contribution in [0.4, 0.5) is 4.39 Å². The Morgan fingerprint density at radius 1 is 1.04 bits per heavy atom. The van der Waals surface area contributed by atoms with Gasteiger partial charge < -0.3 is 9.30 Å². The van der Waals surface area contributed by atoms with E-state index >= 15 is 0 Å². The van der Waals surface area contributed by atoms with E-state index < -0.39 is 0 Å². The zero-order valence-corrected chi connectivity index (χ0v) is 16.3. The minimum absolute atomic E-state index is 0.267. The van der Waals surface area contributed by atoms with Gasteiger partial charge in [0.25, 0.3) is 5.88 Å². The maximum Gasteiger partial charge on any atom is 0.258 e. The maximum atomic E-state index is 13.1. The first kappa shape index (κ1) is 17.7. The van der Waals surface area contributed by atoms with E-state index in [9.17, 15) is 4.39 Å². The van der Waals surface area contributed by atoms with Crippen molar-refractivity contribution in [2.75, 3.05) is 0 Å². The van der Waals surface area contributed by atoms with Gasteiger partial charge in [-0.15, -0.1) is 5.10 Å². The summed E-state index contributed by atoms with van der Waals surface area (Å²) in [5, 5.41) is 9.24. The molecule has 2 aromatic carbocycles. The van der Waals surface area contributed by atoms with Crippen molar-refractivity contribution in [2.45, 2.75) is 20.1 Å². The van der Waals surface area contributed by atoms with E-state index in [-0.39, 0.29) is 5.82 Å². The molecule has 4 aromatic rings. The number of halogens is 2. The number of fused-ring (bicyclic) bond motifs is 1. The SMILES string of the molecule is Cc1c(Br)c2cnnc(OCc3ccc(F)cc3)c2n1Cc1ccccc1. The maximum absolute atomic E-state index is 13.1. The van der Waals surface area contributed by atoms with Crippen molar-refractivity contribution in [3.63, 3.8) is 0 Å². The van der Waals surface area contributed by atoms with E-state index in [1.165, 1.54) is 17.7 Å². The first-order valence-electron chi connectivity index (χ1n) is 8.54. The second kappa shape index (κ2) is 7.48. The van der Waals surface area contributed by atoms with Gasteiger partial charge in [-0.3, -0.25) is 0 Å². The molecule has 136 valence electrons. The number of ether oxygens (including phenoxy) is 1. The lowest BCUT2D eigenvalue weighted by Gasteiger charge is -2.11. The number of aromatic nitrogens is 3. The van der Waals surface area contributed by atoms with Crippen molar-refractivity contribution >= 4 is 26.8 Å². The van der Waals surface area contributed by atoms with E-state index in [4.69, 9.17) is 4.74 Å². The Labute approximate surface area is 164 Å². The Bertz CT molecular complexity index is 1080. The molecule has 27 heavy (non-hydrogen) atoms. The lowest BCUT2D eigenvalue weighted by atomic mass is 10.2. The van der Waals surface area contributed by atoms with Crippen LogP contribution in [0.25, 0.3) is 10.9 Å². The normalized spacial score (nSPS) is 11.1. The van der Waals surface area contributed by atoms with E-state index in [1.54, 1.807) is 18.3 Å². The standard InChI is InChI=1S/C21H17BrFN3O/c1-14-19(22)18-11-24-25-21(27-13-16-7-9-17(23)10-8-16)20(18)26(14)12-15-5-3-2-4-6-15/h2-11H,12-13H2,1H3. The first-order chi connectivity index (χ1) is 13.1. The third-order valence-corrected chi connectivity index (χ3v) is 5.50. The molecule has 4 nitrogen and oxygen atoms in total. The Morgan fingerprint density at radius 3 is 2.52 bits per heavy atom. The molecule has 0 bridgehead atoms. The zero-order valence-electron chi connectivity index (χ0n) is 14.7. The molecule has 0 fully saturated rings. The van der Waals surface area contributed by atoms with Crippen LogP contribution in [0.5, 0.6) is 5.88 Å². The molecule has 4 rings (SSSR count). The molecule has 0 atom stereocenters. The molecule has 0 spiro atoms. The summed E-state index contributed by atoms with van der Waals surface area (Å²) in [6, 6.07) is 16.5. The number of hydrogen-bond donors (Lipinski definition) is 0. The zero-order chi connectivity index (χ0) is 18.8. The Hall–Kier alpha value is -2.73. The molecule has 0 N–H and O–H groups in total. The molecular formula is C21H17BrFN3O. The summed E-state index contributed by atoms with van der Waals surface area (Å²) in [5.41, 5.74) is 4.02. The Morgan fingerprint density at radius 2 is 1.78 bits per heavy atom. The highest BCUT2D eigenvalue weighted by Crippen LogP contribution is 2.35. The second-order valence-corrected chi connectivity index (χ2v) is 7.09. The van der Waals surface area contributed by atoms with Crippen LogP contribution in [0, 0.1) is 12.7 Å². The number of rotatable bonds is 5. The Balaban J connectivity index is 1.72.